The lowest BCUT2D eigenvalue weighted by molar-refractivity contribution is -0.0228. The minimum Gasteiger partial charge on any atom is -0.469 e. The lowest BCUT2D eigenvalue weighted by Gasteiger charge is -2.39. The van der Waals surface area contributed by atoms with Crippen molar-refractivity contribution < 1.29 is 9.15 Å². The Morgan fingerprint density at radius 3 is 2.89 bits per heavy atom. The van der Waals surface area contributed by atoms with Crippen LogP contribution in [0.1, 0.15) is 24.2 Å². The first kappa shape index (κ1) is 14.6. The molecule has 1 saturated heterocycles. The van der Waals surface area contributed by atoms with E-state index in [1.165, 1.54) is 18.4 Å². The van der Waals surface area contributed by atoms with Crippen LogP contribution in [0.3, 0.4) is 0 Å². The molecular formula is C15H26N2O2. The second kappa shape index (κ2) is 6.55. The molecule has 1 aliphatic heterocycles. The van der Waals surface area contributed by atoms with Gasteiger partial charge >= 0.3 is 0 Å². The smallest absolute Gasteiger partial charge is 0.105 e. The molecule has 1 aromatic rings. The van der Waals surface area contributed by atoms with Crippen molar-refractivity contribution in [3.8, 4) is 0 Å². The summed E-state index contributed by atoms with van der Waals surface area (Å²) < 4.78 is 11.1. The quantitative estimate of drug-likeness (QED) is 0.855. The predicted molar refractivity (Wildman–Crippen MR) is 76.2 cm³/mol. The van der Waals surface area contributed by atoms with E-state index in [-0.39, 0.29) is 5.41 Å². The van der Waals surface area contributed by atoms with E-state index in [1.807, 2.05) is 14.0 Å². The van der Waals surface area contributed by atoms with Crippen molar-refractivity contribution in [2.75, 3.05) is 40.4 Å². The summed E-state index contributed by atoms with van der Waals surface area (Å²) in [5, 5.41) is 3.33. The number of furan rings is 1. The predicted octanol–water partition coefficient (Wildman–Crippen LogP) is 2.04. The Hall–Kier alpha value is -0.840. The van der Waals surface area contributed by atoms with Crippen LogP contribution >= 0.6 is 0 Å². The average Bonchev–Trinajstić information content (AvgIpc) is 2.76. The zero-order valence-electron chi connectivity index (χ0n) is 12.4. The van der Waals surface area contributed by atoms with Crippen molar-refractivity contribution in [2.24, 2.45) is 5.41 Å². The summed E-state index contributed by atoms with van der Waals surface area (Å²) in [6.45, 7) is 6.81. The molecule has 1 N–H and O–H groups in total. The summed E-state index contributed by atoms with van der Waals surface area (Å²) in [6, 6.07) is 2.06. The summed E-state index contributed by atoms with van der Waals surface area (Å²) in [5.41, 5.74) is 1.53. The maximum Gasteiger partial charge on any atom is 0.105 e. The Kier molecular flexibility index (Phi) is 5.02. The van der Waals surface area contributed by atoms with Crippen LogP contribution in [0.25, 0.3) is 0 Å². The van der Waals surface area contributed by atoms with Gasteiger partial charge in [-0.15, -0.1) is 0 Å². The Bertz CT molecular complexity index is 378. The topological polar surface area (TPSA) is 37.6 Å². The highest BCUT2D eigenvalue weighted by atomic mass is 16.5. The Balaban J connectivity index is 1.94. The molecular weight excluding hydrogens is 240 g/mol. The number of nitrogens with one attached hydrogen (secondary N) is 1. The highest BCUT2D eigenvalue weighted by Gasteiger charge is 2.33. The van der Waals surface area contributed by atoms with Gasteiger partial charge in [0.2, 0.25) is 0 Å². The van der Waals surface area contributed by atoms with Crippen molar-refractivity contribution in [1.82, 2.24) is 10.2 Å². The third-order valence-electron chi connectivity index (χ3n) is 3.97. The standard InChI is InChI=1S/C15H26N2O2/c1-13-14(5-8-19-13)9-17(3)11-15(10-16-2)6-4-7-18-12-15/h5,8,16H,4,6-7,9-12H2,1-3H3. The molecule has 4 heteroatoms. The zero-order valence-corrected chi connectivity index (χ0v) is 12.4. The SMILES string of the molecule is CNCC1(CN(C)Cc2ccoc2C)CCCOC1. The van der Waals surface area contributed by atoms with Crippen LogP contribution in [0.2, 0.25) is 0 Å². The van der Waals surface area contributed by atoms with E-state index in [9.17, 15) is 0 Å². The van der Waals surface area contributed by atoms with E-state index in [2.05, 4.69) is 23.3 Å². The summed E-state index contributed by atoms with van der Waals surface area (Å²) in [5.74, 6) is 1.02. The van der Waals surface area contributed by atoms with Crippen molar-refractivity contribution >= 4 is 0 Å². The highest BCUT2D eigenvalue weighted by Crippen LogP contribution is 2.29. The van der Waals surface area contributed by atoms with Gasteiger partial charge in [0.25, 0.3) is 0 Å². The molecule has 19 heavy (non-hydrogen) atoms. The molecule has 1 atom stereocenters. The zero-order chi connectivity index (χ0) is 13.7. The van der Waals surface area contributed by atoms with E-state index >= 15 is 0 Å². The molecule has 0 aliphatic carbocycles. The molecule has 0 bridgehead atoms. The Morgan fingerprint density at radius 2 is 2.32 bits per heavy atom. The number of aryl methyl sites for hydroxylation is 1. The van der Waals surface area contributed by atoms with E-state index in [0.717, 1.165) is 38.6 Å². The number of hydrogen-bond acceptors (Lipinski definition) is 4. The van der Waals surface area contributed by atoms with Gasteiger partial charge in [0.15, 0.2) is 0 Å². The number of hydrogen-bond donors (Lipinski definition) is 1. The second-order valence-electron chi connectivity index (χ2n) is 5.86. The molecule has 4 nitrogen and oxygen atoms in total. The summed E-state index contributed by atoms with van der Waals surface area (Å²) in [7, 11) is 4.20. The summed E-state index contributed by atoms with van der Waals surface area (Å²) in [4.78, 5) is 2.38. The van der Waals surface area contributed by atoms with Crippen LogP contribution < -0.4 is 5.32 Å². The first-order valence-corrected chi connectivity index (χ1v) is 7.09. The van der Waals surface area contributed by atoms with Crippen LogP contribution in [0.15, 0.2) is 16.7 Å². The molecule has 2 heterocycles. The van der Waals surface area contributed by atoms with Gasteiger partial charge in [0, 0.05) is 37.2 Å². The maximum atomic E-state index is 5.71. The summed E-state index contributed by atoms with van der Waals surface area (Å²) in [6.07, 6.45) is 4.18. The van der Waals surface area contributed by atoms with Crippen molar-refractivity contribution in [2.45, 2.75) is 26.3 Å². The molecule has 1 unspecified atom stereocenters. The number of nitrogens with zero attached hydrogens (tertiary/aromatic N) is 1. The van der Waals surface area contributed by atoms with Crippen molar-refractivity contribution in [3.63, 3.8) is 0 Å². The molecule has 0 radical (unpaired) electrons. The van der Waals surface area contributed by atoms with Gasteiger partial charge in [-0.2, -0.15) is 0 Å². The van der Waals surface area contributed by atoms with Gasteiger partial charge in [-0.05, 0) is 39.9 Å². The van der Waals surface area contributed by atoms with Gasteiger partial charge in [0.05, 0.1) is 12.9 Å². The van der Waals surface area contributed by atoms with E-state index in [1.54, 1.807) is 6.26 Å². The number of ether oxygens (including phenoxy) is 1. The molecule has 0 amide bonds. The molecule has 1 aliphatic rings. The number of rotatable bonds is 6. The van der Waals surface area contributed by atoms with Gasteiger partial charge in [-0.1, -0.05) is 0 Å². The third-order valence-corrected chi connectivity index (χ3v) is 3.97. The van der Waals surface area contributed by atoms with Crippen molar-refractivity contribution in [1.29, 1.82) is 0 Å². The third kappa shape index (κ3) is 3.81. The van der Waals surface area contributed by atoms with Gasteiger partial charge < -0.3 is 19.4 Å². The first-order valence-electron chi connectivity index (χ1n) is 7.09. The maximum absolute atomic E-state index is 5.71. The molecule has 1 fully saturated rings. The molecule has 0 aromatic carbocycles. The molecule has 2 rings (SSSR count). The van der Waals surface area contributed by atoms with Crippen LogP contribution in [0.5, 0.6) is 0 Å². The molecule has 1 aromatic heterocycles. The van der Waals surface area contributed by atoms with E-state index in [4.69, 9.17) is 9.15 Å². The Morgan fingerprint density at radius 1 is 1.47 bits per heavy atom. The van der Waals surface area contributed by atoms with Crippen LogP contribution in [0.4, 0.5) is 0 Å². The first-order chi connectivity index (χ1) is 9.15. The fourth-order valence-corrected chi connectivity index (χ4v) is 3.10. The second-order valence-corrected chi connectivity index (χ2v) is 5.86. The van der Waals surface area contributed by atoms with E-state index < -0.39 is 0 Å². The normalized spacial score (nSPS) is 24.0. The lowest BCUT2D eigenvalue weighted by Crippen LogP contribution is -2.47. The van der Waals surface area contributed by atoms with Gasteiger partial charge in [-0.25, -0.2) is 0 Å². The molecule has 0 saturated carbocycles. The van der Waals surface area contributed by atoms with Crippen molar-refractivity contribution in [3.05, 3.63) is 23.7 Å². The fourth-order valence-electron chi connectivity index (χ4n) is 3.10. The van der Waals surface area contributed by atoms with Gasteiger partial charge in [0.1, 0.15) is 5.76 Å². The van der Waals surface area contributed by atoms with Crippen LogP contribution in [-0.2, 0) is 11.3 Å². The fraction of sp³-hybridized carbons (Fsp3) is 0.733. The molecule has 0 spiro atoms. The average molecular weight is 266 g/mol. The Labute approximate surface area is 116 Å². The lowest BCUT2D eigenvalue weighted by atomic mass is 9.82. The summed E-state index contributed by atoms with van der Waals surface area (Å²) >= 11 is 0. The minimum atomic E-state index is 0.249. The van der Waals surface area contributed by atoms with Crippen LogP contribution in [-0.4, -0.2) is 45.3 Å². The largest absolute Gasteiger partial charge is 0.469 e. The minimum absolute atomic E-state index is 0.249. The highest BCUT2D eigenvalue weighted by molar-refractivity contribution is 5.15. The monoisotopic (exact) mass is 266 g/mol. The molecule has 108 valence electrons. The van der Waals surface area contributed by atoms with Gasteiger partial charge in [-0.3, -0.25) is 0 Å². The van der Waals surface area contributed by atoms with E-state index in [0.29, 0.717) is 0 Å². The van der Waals surface area contributed by atoms with Crippen LogP contribution in [0, 0.1) is 12.3 Å².